The first-order chi connectivity index (χ1) is 12.6. The standard InChI is InChI=1S/C23H42O3Si/c1-17(2)27(18(3)4,19(5)6)26-14-20(7)21(8)23(24)16-25-15-22-12-10-9-11-13-22/h9-13,17-21,23-24H,14-16H2,1-8H3/t20-,21+,23-/m0/s1. The third-order valence-electron chi connectivity index (χ3n) is 6.21. The minimum absolute atomic E-state index is 0.138. The Morgan fingerprint density at radius 2 is 1.33 bits per heavy atom. The maximum absolute atomic E-state index is 10.6. The zero-order valence-electron chi connectivity index (χ0n) is 18.7. The molecule has 4 heteroatoms. The first kappa shape index (κ1) is 24.4. The summed E-state index contributed by atoms with van der Waals surface area (Å²) in [6.45, 7) is 19.8. The monoisotopic (exact) mass is 394 g/mol. The number of rotatable bonds is 12. The van der Waals surface area contributed by atoms with E-state index >= 15 is 0 Å². The Hall–Kier alpha value is -0.683. The van der Waals surface area contributed by atoms with Crippen molar-refractivity contribution in [2.45, 2.75) is 84.7 Å². The molecule has 156 valence electrons. The van der Waals surface area contributed by atoms with Crippen LogP contribution in [0.3, 0.4) is 0 Å². The summed E-state index contributed by atoms with van der Waals surface area (Å²) >= 11 is 0. The maximum Gasteiger partial charge on any atom is 0.200 e. The molecule has 3 nitrogen and oxygen atoms in total. The number of hydrogen-bond acceptors (Lipinski definition) is 3. The maximum atomic E-state index is 10.6. The van der Waals surface area contributed by atoms with Crippen LogP contribution in [0, 0.1) is 11.8 Å². The molecule has 1 aromatic carbocycles. The third-order valence-corrected chi connectivity index (χ3v) is 12.3. The average Bonchev–Trinajstić information content (AvgIpc) is 2.61. The lowest BCUT2D eigenvalue weighted by molar-refractivity contribution is -0.0163. The van der Waals surface area contributed by atoms with E-state index in [4.69, 9.17) is 9.16 Å². The van der Waals surface area contributed by atoms with Crippen LogP contribution in [-0.2, 0) is 15.8 Å². The minimum atomic E-state index is -1.85. The Morgan fingerprint density at radius 3 is 1.81 bits per heavy atom. The molecule has 0 radical (unpaired) electrons. The van der Waals surface area contributed by atoms with Crippen LogP contribution in [0.25, 0.3) is 0 Å². The van der Waals surface area contributed by atoms with Gasteiger partial charge in [0.15, 0.2) is 8.32 Å². The molecule has 0 unspecified atom stereocenters. The van der Waals surface area contributed by atoms with E-state index in [-0.39, 0.29) is 5.92 Å². The fourth-order valence-electron chi connectivity index (χ4n) is 4.33. The molecule has 0 aliphatic rings. The lowest BCUT2D eigenvalue weighted by Gasteiger charge is -2.43. The summed E-state index contributed by atoms with van der Waals surface area (Å²) in [6, 6.07) is 10.1. The van der Waals surface area contributed by atoms with Gasteiger partial charge in [0, 0.05) is 6.61 Å². The molecule has 0 heterocycles. The van der Waals surface area contributed by atoms with Gasteiger partial charge in [-0.1, -0.05) is 85.7 Å². The zero-order chi connectivity index (χ0) is 20.6. The zero-order valence-corrected chi connectivity index (χ0v) is 19.7. The van der Waals surface area contributed by atoms with Gasteiger partial charge in [0.05, 0.1) is 19.3 Å². The van der Waals surface area contributed by atoms with E-state index in [0.717, 1.165) is 12.2 Å². The molecule has 1 rings (SSSR count). The van der Waals surface area contributed by atoms with Crippen LogP contribution in [-0.4, -0.2) is 32.7 Å². The predicted octanol–water partition coefficient (Wildman–Crippen LogP) is 6.03. The number of aliphatic hydroxyl groups excluding tert-OH is 1. The molecule has 0 bridgehead atoms. The Kier molecular flexibility index (Phi) is 10.2. The number of benzene rings is 1. The second-order valence-corrected chi connectivity index (χ2v) is 14.5. The molecule has 0 amide bonds. The molecule has 0 saturated heterocycles. The van der Waals surface area contributed by atoms with Gasteiger partial charge in [-0.15, -0.1) is 0 Å². The van der Waals surface area contributed by atoms with Gasteiger partial charge in [-0.2, -0.15) is 0 Å². The van der Waals surface area contributed by atoms with Crippen LogP contribution in [0.5, 0.6) is 0 Å². The Morgan fingerprint density at radius 1 is 0.815 bits per heavy atom. The van der Waals surface area contributed by atoms with E-state index in [1.165, 1.54) is 0 Å². The van der Waals surface area contributed by atoms with Gasteiger partial charge in [0.2, 0.25) is 0 Å². The van der Waals surface area contributed by atoms with Gasteiger partial charge >= 0.3 is 0 Å². The van der Waals surface area contributed by atoms with Crippen LogP contribution < -0.4 is 0 Å². The van der Waals surface area contributed by atoms with E-state index in [9.17, 15) is 5.11 Å². The summed E-state index contributed by atoms with van der Waals surface area (Å²) in [5, 5.41) is 10.6. The van der Waals surface area contributed by atoms with Crippen molar-refractivity contribution in [3.8, 4) is 0 Å². The summed E-state index contributed by atoms with van der Waals surface area (Å²) in [5.74, 6) is 0.433. The summed E-state index contributed by atoms with van der Waals surface area (Å²) in [4.78, 5) is 0. The lowest BCUT2D eigenvalue weighted by Crippen LogP contribution is -2.49. The number of aliphatic hydroxyl groups is 1. The second kappa shape index (κ2) is 11.4. The molecule has 0 aliphatic carbocycles. The molecule has 0 fully saturated rings. The molecule has 27 heavy (non-hydrogen) atoms. The van der Waals surface area contributed by atoms with Crippen LogP contribution in [0.4, 0.5) is 0 Å². The normalized spacial score (nSPS) is 16.1. The smallest absolute Gasteiger partial charge is 0.200 e. The first-order valence-electron chi connectivity index (χ1n) is 10.6. The topological polar surface area (TPSA) is 38.7 Å². The van der Waals surface area contributed by atoms with Crippen molar-refractivity contribution in [1.29, 1.82) is 0 Å². The van der Waals surface area contributed by atoms with Crippen molar-refractivity contribution in [2.24, 2.45) is 11.8 Å². The van der Waals surface area contributed by atoms with Crippen molar-refractivity contribution in [1.82, 2.24) is 0 Å². The Bertz CT molecular complexity index is 494. The predicted molar refractivity (Wildman–Crippen MR) is 117 cm³/mol. The Labute approximate surface area is 168 Å². The fraction of sp³-hybridized carbons (Fsp3) is 0.739. The molecular weight excluding hydrogens is 352 g/mol. The van der Waals surface area contributed by atoms with E-state index in [2.05, 4.69) is 55.4 Å². The largest absolute Gasteiger partial charge is 0.416 e. The van der Waals surface area contributed by atoms with Gasteiger partial charge in [0.25, 0.3) is 0 Å². The molecule has 0 aromatic heterocycles. The van der Waals surface area contributed by atoms with Crippen LogP contribution in [0.2, 0.25) is 16.6 Å². The highest BCUT2D eigenvalue weighted by Crippen LogP contribution is 2.42. The summed E-state index contributed by atoms with van der Waals surface area (Å²) in [7, 11) is -1.85. The molecule has 1 N–H and O–H groups in total. The van der Waals surface area contributed by atoms with E-state index in [0.29, 0.717) is 35.8 Å². The van der Waals surface area contributed by atoms with Crippen LogP contribution >= 0.6 is 0 Å². The third kappa shape index (κ3) is 6.70. The fourth-order valence-corrected chi connectivity index (χ4v) is 9.88. The summed E-state index contributed by atoms with van der Waals surface area (Å²) in [5.41, 5.74) is 2.88. The molecule has 0 spiro atoms. The highest BCUT2D eigenvalue weighted by molar-refractivity contribution is 6.77. The Balaban J connectivity index is 2.55. The van der Waals surface area contributed by atoms with Crippen molar-refractivity contribution in [3.63, 3.8) is 0 Å². The SMILES string of the molecule is CC(C)[Si](OC[C@H](C)[C@@H](C)[C@@H](O)COCc1ccccc1)(C(C)C)C(C)C. The van der Waals surface area contributed by atoms with Crippen LogP contribution in [0.15, 0.2) is 30.3 Å². The molecule has 0 aliphatic heterocycles. The van der Waals surface area contributed by atoms with Gasteiger partial charge in [-0.05, 0) is 34.0 Å². The van der Waals surface area contributed by atoms with Crippen molar-refractivity contribution < 1.29 is 14.3 Å². The number of ether oxygens (including phenoxy) is 1. The second-order valence-electron chi connectivity index (χ2n) is 9.03. The molecule has 3 atom stereocenters. The van der Waals surface area contributed by atoms with Gasteiger partial charge in [0.1, 0.15) is 0 Å². The summed E-state index contributed by atoms with van der Waals surface area (Å²) < 4.78 is 12.4. The lowest BCUT2D eigenvalue weighted by atomic mass is 9.92. The van der Waals surface area contributed by atoms with Crippen molar-refractivity contribution in [3.05, 3.63) is 35.9 Å². The first-order valence-corrected chi connectivity index (χ1v) is 12.7. The van der Waals surface area contributed by atoms with Crippen molar-refractivity contribution in [2.75, 3.05) is 13.2 Å². The number of hydrogen-bond donors (Lipinski definition) is 1. The van der Waals surface area contributed by atoms with Gasteiger partial charge in [-0.3, -0.25) is 0 Å². The minimum Gasteiger partial charge on any atom is -0.416 e. The average molecular weight is 395 g/mol. The molecular formula is C23H42O3Si. The van der Waals surface area contributed by atoms with E-state index in [1.807, 2.05) is 30.3 Å². The van der Waals surface area contributed by atoms with Crippen molar-refractivity contribution >= 4 is 8.32 Å². The van der Waals surface area contributed by atoms with E-state index in [1.54, 1.807) is 0 Å². The highest BCUT2D eigenvalue weighted by atomic mass is 28.4. The summed E-state index contributed by atoms with van der Waals surface area (Å²) in [6.07, 6.45) is -0.472. The van der Waals surface area contributed by atoms with Gasteiger partial charge in [-0.25, -0.2) is 0 Å². The van der Waals surface area contributed by atoms with E-state index < -0.39 is 14.4 Å². The quantitative estimate of drug-likeness (QED) is 0.440. The van der Waals surface area contributed by atoms with Crippen LogP contribution in [0.1, 0.15) is 61.0 Å². The molecule has 0 saturated carbocycles. The highest BCUT2D eigenvalue weighted by Gasteiger charge is 2.45. The molecule has 1 aromatic rings. The van der Waals surface area contributed by atoms with Gasteiger partial charge < -0.3 is 14.3 Å².